The van der Waals surface area contributed by atoms with Crippen LogP contribution in [-0.4, -0.2) is 17.9 Å². The Morgan fingerprint density at radius 2 is 1.88 bits per heavy atom. The van der Waals surface area contributed by atoms with E-state index in [2.05, 4.69) is 40.9 Å². The van der Waals surface area contributed by atoms with E-state index in [0.29, 0.717) is 24.5 Å². The summed E-state index contributed by atoms with van der Waals surface area (Å²) in [7, 11) is 0. The molecule has 2 N–H and O–H groups in total. The first-order valence-corrected chi connectivity index (χ1v) is 8.45. The summed E-state index contributed by atoms with van der Waals surface area (Å²) < 4.78 is 5.49. The average Bonchev–Trinajstić information content (AvgIpc) is 2.64. The Morgan fingerprint density at radius 3 is 2.68 bits per heavy atom. The monoisotopic (exact) mass is 334 g/mol. The van der Waals surface area contributed by atoms with Crippen molar-refractivity contribution in [3.05, 3.63) is 71.8 Å². The molecule has 3 aromatic carbocycles. The fraction of sp³-hybridized carbons (Fsp3) is 0.190. The third-order valence-electron chi connectivity index (χ3n) is 3.87. The molecule has 0 fully saturated rings. The molecule has 0 saturated carbocycles. The van der Waals surface area contributed by atoms with Gasteiger partial charge in [-0.1, -0.05) is 43.3 Å². The SMILES string of the molecule is CCCOc1ccc(/C=N/NCc2ccc3ccccc3c2)c(O)c1. The molecule has 4 nitrogen and oxygen atoms in total. The molecule has 0 bridgehead atoms. The first-order valence-electron chi connectivity index (χ1n) is 8.45. The molecule has 0 saturated heterocycles. The quantitative estimate of drug-likeness (QED) is 0.495. The summed E-state index contributed by atoms with van der Waals surface area (Å²) in [5, 5.41) is 16.7. The van der Waals surface area contributed by atoms with Crippen molar-refractivity contribution >= 4 is 17.0 Å². The second kappa shape index (κ2) is 8.20. The number of phenols is 1. The number of rotatable bonds is 7. The molecule has 0 aliphatic rings. The number of ether oxygens (including phenoxy) is 1. The zero-order valence-electron chi connectivity index (χ0n) is 14.3. The van der Waals surface area contributed by atoms with Gasteiger partial charge >= 0.3 is 0 Å². The highest BCUT2D eigenvalue weighted by molar-refractivity contribution is 5.84. The smallest absolute Gasteiger partial charge is 0.128 e. The Labute approximate surface area is 147 Å². The van der Waals surface area contributed by atoms with E-state index in [4.69, 9.17) is 4.74 Å². The molecule has 0 aromatic heterocycles. The van der Waals surface area contributed by atoms with Crippen molar-refractivity contribution in [2.24, 2.45) is 5.10 Å². The van der Waals surface area contributed by atoms with Crippen LogP contribution < -0.4 is 10.2 Å². The molecule has 4 heteroatoms. The van der Waals surface area contributed by atoms with Crippen molar-refractivity contribution in [3.63, 3.8) is 0 Å². The number of hydrogen-bond acceptors (Lipinski definition) is 4. The minimum absolute atomic E-state index is 0.157. The van der Waals surface area contributed by atoms with Gasteiger partial charge in [-0.3, -0.25) is 0 Å². The molecular weight excluding hydrogens is 312 g/mol. The van der Waals surface area contributed by atoms with Crippen LogP contribution in [0.2, 0.25) is 0 Å². The van der Waals surface area contributed by atoms with Crippen molar-refractivity contribution in [1.82, 2.24) is 5.43 Å². The maximum atomic E-state index is 10.0. The van der Waals surface area contributed by atoms with E-state index < -0.39 is 0 Å². The van der Waals surface area contributed by atoms with Crippen LogP contribution in [0.1, 0.15) is 24.5 Å². The Morgan fingerprint density at radius 1 is 1.04 bits per heavy atom. The van der Waals surface area contributed by atoms with Crippen LogP contribution in [0.5, 0.6) is 11.5 Å². The summed E-state index contributed by atoms with van der Waals surface area (Å²) in [6.45, 7) is 3.31. The van der Waals surface area contributed by atoms with Crippen LogP contribution in [-0.2, 0) is 6.54 Å². The lowest BCUT2D eigenvalue weighted by atomic mass is 10.1. The summed E-state index contributed by atoms with van der Waals surface area (Å²) in [6.07, 6.45) is 2.54. The maximum absolute atomic E-state index is 10.0. The van der Waals surface area contributed by atoms with Gasteiger partial charge in [0.2, 0.25) is 0 Å². The largest absolute Gasteiger partial charge is 0.507 e. The summed E-state index contributed by atoms with van der Waals surface area (Å²) in [5.41, 5.74) is 4.82. The summed E-state index contributed by atoms with van der Waals surface area (Å²) in [6, 6.07) is 19.9. The van der Waals surface area contributed by atoms with Crippen LogP contribution in [0.3, 0.4) is 0 Å². The first-order chi connectivity index (χ1) is 12.3. The van der Waals surface area contributed by atoms with Gasteiger partial charge in [0.1, 0.15) is 11.5 Å². The number of aromatic hydroxyl groups is 1. The molecular formula is C21H22N2O2. The predicted molar refractivity (Wildman–Crippen MR) is 102 cm³/mol. The van der Waals surface area contributed by atoms with Crippen molar-refractivity contribution in [2.45, 2.75) is 19.9 Å². The van der Waals surface area contributed by atoms with Gasteiger partial charge < -0.3 is 15.3 Å². The second-order valence-electron chi connectivity index (χ2n) is 5.84. The maximum Gasteiger partial charge on any atom is 0.128 e. The molecule has 0 amide bonds. The Balaban J connectivity index is 1.59. The molecule has 3 rings (SSSR count). The molecule has 0 heterocycles. The van der Waals surface area contributed by atoms with Gasteiger partial charge in [-0.2, -0.15) is 5.10 Å². The lowest BCUT2D eigenvalue weighted by Gasteiger charge is -2.06. The second-order valence-corrected chi connectivity index (χ2v) is 5.84. The van der Waals surface area contributed by atoms with E-state index >= 15 is 0 Å². The minimum Gasteiger partial charge on any atom is -0.507 e. The summed E-state index contributed by atoms with van der Waals surface area (Å²) >= 11 is 0. The first kappa shape index (κ1) is 16.8. The molecule has 25 heavy (non-hydrogen) atoms. The van der Waals surface area contributed by atoms with E-state index in [-0.39, 0.29) is 5.75 Å². The third-order valence-corrected chi connectivity index (χ3v) is 3.87. The number of hydrazone groups is 1. The van der Waals surface area contributed by atoms with E-state index in [1.54, 1.807) is 18.3 Å². The molecule has 0 spiro atoms. The fourth-order valence-electron chi connectivity index (χ4n) is 2.54. The van der Waals surface area contributed by atoms with Gasteiger partial charge in [0.25, 0.3) is 0 Å². The van der Waals surface area contributed by atoms with Gasteiger partial charge in [0, 0.05) is 11.6 Å². The number of nitrogens with one attached hydrogen (secondary N) is 1. The van der Waals surface area contributed by atoms with Gasteiger partial charge in [-0.25, -0.2) is 0 Å². The number of nitrogens with zero attached hydrogens (tertiary/aromatic N) is 1. The highest BCUT2D eigenvalue weighted by Crippen LogP contribution is 2.22. The van der Waals surface area contributed by atoms with E-state index in [1.165, 1.54) is 10.8 Å². The minimum atomic E-state index is 0.157. The van der Waals surface area contributed by atoms with E-state index in [1.807, 2.05) is 25.1 Å². The van der Waals surface area contributed by atoms with Crippen molar-refractivity contribution < 1.29 is 9.84 Å². The number of hydrogen-bond donors (Lipinski definition) is 2. The average molecular weight is 334 g/mol. The van der Waals surface area contributed by atoms with Crippen molar-refractivity contribution in [3.8, 4) is 11.5 Å². The van der Waals surface area contributed by atoms with Crippen molar-refractivity contribution in [1.29, 1.82) is 0 Å². The van der Waals surface area contributed by atoms with Gasteiger partial charge in [0.15, 0.2) is 0 Å². The zero-order valence-corrected chi connectivity index (χ0v) is 14.3. The Kier molecular flexibility index (Phi) is 5.52. The van der Waals surface area contributed by atoms with Crippen LogP contribution in [0.25, 0.3) is 10.8 Å². The molecule has 128 valence electrons. The Bertz CT molecular complexity index is 875. The molecule has 0 radical (unpaired) electrons. The molecule has 0 atom stereocenters. The topological polar surface area (TPSA) is 53.8 Å². The predicted octanol–water partition coefficient (Wildman–Crippen LogP) is 4.46. The van der Waals surface area contributed by atoms with Gasteiger partial charge in [0.05, 0.1) is 19.4 Å². The molecule has 0 aliphatic carbocycles. The standard InChI is InChI=1S/C21H22N2O2/c1-2-11-25-20-10-9-19(21(24)13-20)15-23-22-14-16-7-8-17-5-3-4-6-18(17)12-16/h3-10,12-13,15,22,24H,2,11,14H2,1H3/b23-15+. The molecule has 0 aliphatic heterocycles. The van der Waals surface area contributed by atoms with Crippen molar-refractivity contribution in [2.75, 3.05) is 6.61 Å². The van der Waals surface area contributed by atoms with Crippen LogP contribution in [0, 0.1) is 0 Å². The normalized spacial score (nSPS) is 11.1. The number of fused-ring (bicyclic) bond motifs is 1. The zero-order chi connectivity index (χ0) is 17.5. The van der Waals surface area contributed by atoms with Gasteiger partial charge in [-0.15, -0.1) is 0 Å². The molecule has 3 aromatic rings. The highest BCUT2D eigenvalue weighted by atomic mass is 16.5. The third kappa shape index (κ3) is 4.51. The number of benzene rings is 3. The fourth-order valence-corrected chi connectivity index (χ4v) is 2.54. The molecule has 0 unspecified atom stereocenters. The lowest BCUT2D eigenvalue weighted by molar-refractivity contribution is 0.315. The Hall–Kier alpha value is -3.01. The summed E-state index contributed by atoms with van der Waals surface area (Å²) in [4.78, 5) is 0. The van der Waals surface area contributed by atoms with Gasteiger partial charge in [-0.05, 0) is 41.0 Å². The van der Waals surface area contributed by atoms with E-state index in [9.17, 15) is 5.11 Å². The van der Waals surface area contributed by atoms with E-state index in [0.717, 1.165) is 12.0 Å². The van der Waals surface area contributed by atoms with Crippen LogP contribution >= 0.6 is 0 Å². The van der Waals surface area contributed by atoms with Crippen LogP contribution in [0.4, 0.5) is 0 Å². The lowest BCUT2D eigenvalue weighted by Crippen LogP contribution is -2.05. The highest BCUT2D eigenvalue weighted by Gasteiger charge is 2.01. The number of phenolic OH excluding ortho intramolecular Hbond substituents is 1. The summed E-state index contributed by atoms with van der Waals surface area (Å²) in [5.74, 6) is 0.825. The van der Waals surface area contributed by atoms with Crippen LogP contribution in [0.15, 0.2) is 65.8 Å².